The van der Waals surface area contributed by atoms with Crippen molar-refractivity contribution in [2.45, 2.75) is 0 Å². The Balaban J connectivity index is 2.14. The third kappa shape index (κ3) is 1.60. The van der Waals surface area contributed by atoms with Gasteiger partial charge in [0.15, 0.2) is 5.82 Å². The molecule has 0 amide bonds. The van der Waals surface area contributed by atoms with E-state index >= 15 is 0 Å². The summed E-state index contributed by atoms with van der Waals surface area (Å²) < 4.78 is 4.05. The number of hydrogen-bond acceptors (Lipinski definition) is 3. The molecule has 60 valence electrons. The molecule has 0 saturated carbocycles. The first-order valence-electron chi connectivity index (χ1n) is 3.52. The fraction of sp³-hybridized carbons (Fsp3) is 0. The van der Waals surface area contributed by atoms with E-state index in [-0.39, 0.29) is 0 Å². The monoisotopic (exact) mass is 177 g/mol. The summed E-state index contributed by atoms with van der Waals surface area (Å²) in [5.41, 5.74) is 2.85. The van der Waals surface area contributed by atoms with Crippen LogP contribution in [0.1, 0.15) is 11.4 Å². The van der Waals surface area contributed by atoms with Gasteiger partial charge in [0.05, 0.1) is 0 Å². The minimum atomic E-state index is 0.765. The minimum absolute atomic E-state index is 0.765. The fourth-order valence-electron chi connectivity index (χ4n) is 0.863. The van der Waals surface area contributed by atoms with Crippen molar-refractivity contribution < 1.29 is 0 Å². The Labute approximate surface area is 74.0 Å². The van der Waals surface area contributed by atoms with Crippen LogP contribution in [0.2, 0.25) is 0 Å². The summed E-state index contributed by atoms with van der Waals surface area (Å²) in [5, 5.41) is 0. The Morgan fingerprint density at radius 1 is 1.42 bits per heavy atom. The van der Waals surface area contributed by atoms with Gasteiger partial charge in [0.1, 0.15) is 5.51 Å². The van der Waals surface area contributed by atoms with Crippen LogP contribution in [0, 0.1) is 0 Å². The smallest absolute Gasteiger partial charge is 0.165 e. The molecule has 0 atom stereocenters. The topological polar surface area (TPSA) is 41.6 Å². The minimum Gasteiger partial charge on any atom is -0.367 e. The van der Waals surface area contributed by atoms with Crippen LogP contribution < -0.4 is 0 Å². The first kappa shape index (κ1) is 7.24. The van der Waals surface area contributed by atoms with Gasteiger partial charge >= 0.3 is 0 Å². The number of hydrogen-bond donors (Lipinski definition) is 1. The molecule has 2 heterocycles. The zero-order chi connectivity index (χ0) is 8.23. The highest BCUT2D eigenvalue weighted by molar-refractivity contribution is 7.03. The molecule has 3 nitrogen and oxygen atoms in total. The van der Waals surface area contributed by atoms with E-state index in [2.05, 4.69) is 14.3 Å². The van der Waals surface area contributed by atoms with Gasteiger partial charge in [0, 0.05) is 12.4 Å². The molecule has 0 spiro atoms. The SMILES string of the molecule is C(=C\c1ncsn1)/c1cc[nH]c1. The molecule has 4 heteroatoms. The molecule has 0 unspecified atom stereocenters. The van der Waals surface area contributed by atoms with Crippen molar-refractivity contribution in [2.24, 2.45) is 0 Å². The highest BCUT2D eigenvalue weighted by atomic mass is 32.1. The highest BCUT2D eigenvalue weighted by Gasteiger charge is 1.89. The fourth-order valence-corrected chi connectivity index (χ4v) is 1.28. The maximum Gasteiger partial charge on any atom is 0.165 e. The maximum absolute atomic E-state index is 4.05. The molecule has 0 saturated heterocycles. The second kappa shape index (κ2) is 3.32. The Hall–Kier alpha value is -1.42. The molecular weight excluding hydrogens is 170 g/mol. The standard InChI is InChI=1S/C8H7N3S/c1(7-3-4-9-5-7)2-8-10-6-12-11-8/h1-6,9H/b2-1+. The third-order valence-corrected chi connectivity index (χ3v) is 1.92. The molecule has 1 N–H and O–H groups in total. The molecule has 2 aromatic heterocycles. The quantitative estimate of drug-likeness (QED) is 0.762. The van der Waals surface area contributed by atoms with Gasteiger partial charge in [-0.2, -0.15) is 4.37 Å². The summed E-state index contributed by atoms with van der Waals surface area (Å²) in [4.78, 5) is 7.00. The van der Waals surface area contributed by atoms with Crippen molar-refractivity contribution in [1.29, 1.82) is 0 Å². The lowest BCUT2D eigenvalue weighted by atomic mass is 10.3. The van der Waals surface area contributed by atoms with E-state index in [1.807, 2.05) is 30.6 Å². The van der Waals surface area contributed by atoms with E-state index in [1.165, 1.54) is 11.5 Å². The average molecular weight is 177 g/mol. The van der Waals surface area contributed by atoms with Crippen molar-refractivity contribution >= 4 is 23.7 Å². The van der Waals surface area contributed by atoms with Crippen LogP contribution in [-0.4, -0.2) is 14.3 Å². The average Bonchev–Trinajstić information content (AvgIpc) is 2.74. The Kier molecular flexibility index (Phi) is 2.00. The molecule has 0 aliphatic rings. The van der Waals surface area contributed by atoms with Crippen molar-refractivity contribution in [3.63, 3.8) is 0 Å². The Morgan fingerprint density at radius 2 is 2.42 bits per heavy atom. The van der Waals surface area contributed by atoms with E-state index in [9.17, 15) is 0 Å². The van der Waals surface area contributed by atoms with Gasteiger partial charge in [-0.15, -0.1) is 0 Å². The molecule has 0 aliphatic heterocycles. The summed E-state index contributed by atoms with van der Waals surface area (Å²) in [5.74, 6) is 0.765. The lowest BCUT2D eigenvalue weighted by Gasteiger charge is -1.80. The summed E-state index contributed by atoms with van der Waals surface area (Å²) in [6, 6.07) is 1.99. The Morgan fingerprint density at radius 3 is 3.08 bits per heavy atom. The number of aromatic amines is 1. The van der Waals surface area contributed by atoms with Crippen molar-refractivity contribution in [3.8, 4) is 0 Å². The molecule has 0 aliphatic carbocycles. The summed E-state index contributed by atoms with van der Waals surface area (Å²) >= 11 is 1.36. The summed E-state index contributed by atoms with van der Waals surface area (Å²) in [6.07, 6.45) is 7.66. The first-order chi connectivity index (χ1) is 5.95. The number of nitrogens with zero attached hydrogens (tertiary/aromatic N) is 2. The van der Waals surface area contributed by atoms with Crippen LogP contribution in [0.15, 0.2) is 24.0 Å². The van der Waals surface area contributed by atoms with E-state index in [4.69, 9.17) is 0 Å². The zero-order valence-corrected chi connectivity index (χ0v) is 7.08. The lowest BCUT2D eigenvalue weighted by molar-refractivity contribution is 1.29. The molecule has 0 aromatic carbocycles. The summed E-state index contributed by atoms with van der Waals surface area (Å²) in [6.45, 7) is 0. The molecular formula is C8H7N3S. The number of nitrogens with one attached hydrogen (secondary N) is 1. The predicted molar refractivity (Wildman–Crippen MR) is 49.6 cm³/mol. The van der Waals surface area contributed by atoms with Gasteiger partial charge in [0.25, 0.3) is 0 Å². The van der Waals surface area contributed by atoms with Crippen molar-refractivity contribution in [2.75, 3.05) is 0 Å². The molecule has 0 bridgehead atoms. The van der Waals surface area contributed by atoms with Gasteiger partial charge in [-0.05, 0) is 35.3 Å². The van der Waals surface area contributed by atoms with Crippen LogP contribution >= 0.6 is 11.5 Å². The molecule has 2 rings (SSSR count). The van der Waals surface area contributed by atoms with Crippen molar-refractivity contribution in [3.05, 3.63) is 35.4 Å². The predicted octanol–water partition coefficient (Wildman–Crippen LogP) is 2.04. The largest absolute Gasteiger partial charge is 0.367 e. The first-order valence-corrected chi connectivity index (χ1v) is 4.36. The van der Waals surface area contributed by atoms with Crippen LogP contribution in [0.4, 0.5) is 0 Å². The zero-order valence-electron chi connectivity index (χ0n) is 6.27. The van der Waals surface area contributed by atoms with Gasteiger partial charge < -0.3 is 4.98 Å². The van der Waals surface area contributed by atoms with E-state index in [0.29, 0.717) is 0 Å². The number of H-pyrrole nitrogens is 1. The molecule has 2 aromatic rings. The molecule has 12 heavy (non-hydrogen) atoms. The highest BCUT2D eigenvalue weighted by Crippen LogP contribution is 2.03. The van der Waals surface area contributed by atoms with Gasteiger partial charge in [-0.25, -0.2) is 4.98 Å². The van der Waals surface area contributed by atoms with Gasteiger partial charge in [-0.1, -0.05) is 0 Å². The Bertz CT molecular complexity index is 311. The normalized spacial score (nSPS) is 11.0. The van der Waals surface area contributed by atoms with Crippen LogP contribution in [-0.2, 0) is 0 Å². The van der Waals surface area contributed by atoms with Gasteiger partial charge in [-0.3, -0.25) is 0 Å². The second-order valence-corrected chi connectivity index (χ2v) is 2.87. The lowest BCUT2D eigenvalue weighted by Crippen LogP contribution is -1.71. The maximum atomic E-state index is 4.05. The van der Waals surface area contributed by atoms with E-state index in [0.717, 1.165) is 11.4 Å². The van der Waals surface area contributed by atoms with E-state index < -0.39 is 0 Å². The molecule has 0 fully saturated rings. The number of rotatable bonds is 2. The van der Waals surface area contributed by atoms with E-state index in [1.54, 1.807) is 5.51 Å². The molecule has 0 radical (unpaired) electrons. The second-order valence-electron chi connectivity index (χ2n) is 2.27. The van der Waals surface area contributed by atoms with Gasteiger partial charge in [0.2, 0.25) is 0 Å². The van der Waals surface area contributed by atoms with Crippen molar-refractivity contribution in [1.82, 2.24) is 14.3 Å². The van der Waals surface area contributed by atoms with Crippen LogP contribution in [0.25, 0.3) is 12.2 Å². The van der Waals surface area contributed by atoms with Crippen LogP contribution in [0.3, 0.4) is 0 Å². The number of aromatic nitrogens is 3. The third-order valence-electron chi connectivity index (χ3n) is 1.43. The summed E-state index contributed by atoms with van der Waals surface area (Å²) in [7, 11) is 0. The van der Waals surface area contributed by atoms with Crippen LogP contribution in [0.5, 0.6) is 0 Å².